The molecule has 1 amide bonds. The second kappa shape index (κ2) is 41.9. The topological polar surface area (TPSA) is 307 Å². The molecule has 0 aromatic rings. The lowest BCUT2D eigenvalue weighted by atomic mass is 9.96. The van der Waals surface area contributed by atoms with Crippen molar-refractivity contribution >= 4 is 5.91 Å². The van der Waals surface area contributed by atoms with Gasteiger partial charge in [-0.3, -0.25) is 4.79 Å². The summed E-state index contributed by atoms with van der Waals surface area (Å²) in [4.78, 5) is 13.3. The van der Waals surface area contributed by atoms with Gasteiger partial charge < -0.3 is 89.9 Å². The van der Waals surface area contributed by atoms with Gasteiger partial charge in [0, 0.05) is 6.42 Å². The zero-order valence-corrected chi connectivity index (χ0v) is 46.7. The predicted octanol–water partition coefficient (Wildman–Crippen LogP) is 4.93. The van der Waals surface area contributed by atoms with Crippen LogP contribution in [0.1, 0.15) is 194 Å². The Bertz CT molecular complexity index is 1550. The number of nitrogens with one attached hydrogen (secondary N) is 1. The quantitative estimate of drug-likeness (QED) is 0.0285. The van der Waals surface area contributed by atoms with Crippen molar-refractivity contribution in [2.24, 2.45) is 0 Å². The first kappa shape index (κ1) is 69.3. The molecule has 12 N–H and O–H groups in total. The summed E-state index contributed by atoms with van der Waals surface area (Å²) in [5.74, 6) is -0.296. The maximum Gasteiger partial charge on any atom is 0.220 e. The molecule has 450 valence electrons. The molecule has 19 nitrogen and oxygen atoms in total. The number of carbonyl (C=O) groups is 1. The Balaban J connectivity index is 1.53. The van der Waals surface area contributed by atoms with E-state index in [0.29, 0.717) is 12.8 Å². The molecule has 0 bridgehead atoms. The minimum absolute atomic E-state index is 0.225. The number of rotatable bonds is 43. The van der Waals surface area contributed by atoms with Crippen molar-refractivity contribution in [3.8, 4) is 0 Å². The molecule has 3 saturated heterocycles. The minimum atomic E-state index is -1.98. The third kappa shape index (κ3) is 26.2. The van der Waals surface area contributed by atoms with Gasteiger partial charge in [0.05, 0.1) is 38.6 Å². The fourth-order valence-corrected chi connectivity index (χ4v) is 9.96. The van der Waals surface area contributed by atoms with Crippen molar-refractivity contribution in [3.05, 3.63) is 36.5 Å². The highest BCUT2D eigenvalue weighted by Crippen LogP contribution is 2.33. The van der Waals surface area contributed by atoms with E-state index in [2.05, 4.69) is 43.5 Å². The van der Waals surface area contributed by atoms with Crippen molar-refractivity contribution < 1.29 is 89.4 Å². The number of hydrogen-bond donors (Lipinski definition) is 12. The molecule has 0 aliphatic carbocycles. The van der Waals surface area contributed by atoms with E-state index in [-0.39, 0.29) is 18.9 Å². The lowest BCUT2D eigenvalue weighted by Gasteiger charge is -2.48. The molecule has 77 heavy (non-hydrogen) atoms. The molecule has 3 rings (SSSR count). The first-order chi connectivity index (χ1) is 37.3. The summed E-state index contributed by atoms with van der Waals surface area (Å²) in [6.45, 7) is 1.67. The van der Waals surface area contributed by atoms with Crippen molar-refractivity contribution in [1.29, 1.82) is 0 Å². The second-order valence-corrected chi connectivity index (χ2v) is 21.4. The van der Waals surface area contributed by atoms with Gasteiger partial charge in [-0.25, -0.2) is 0 Å². The molecule has 17 atom stereocenters. The molecule has 19 heteroatoms. The summed E-state index contributed by atoms with van der Waals surface area (Å²) in [6.07, 6.45) is 17.0. The fourth-order valence-electron chi connectivity index (χ4n) is 9.96. The third-order valence-corrected chi connectivity index (χ3v) is 14.9. The Morgan fingerprint density at radius 1 is 0.455 bits per heavy atom. The SMILES string of the molecule is CCCCCCC/C=C\CCCCCCCC(=O)NC(COC1OC(CO)C(OC2OC(CO)C(OC3OC(CO)C(O)C(O)C3O)C(O)C2O)C(O)C1O)C(O)/C=C/CC/C=C/CCCCCCCCCCCCCC. The maximum atomic E-state index is 13.3. The van der Waals surface area contributed by atoms with E-state index in [1.807, 2.05) is 6.08 Å². The van der Waals surface area contributed by atoms with Gasteiger partial charge in [0.2, 0.25) is 5.91 Å². The highest BCUT2D eigenvalue weighted by atomic mass is 16.8. The van der Waals surface area contributed by atoms with Crippen LogP contribution in [0.5, 0.6) is 0 Å². The monoisotopic (exact) mass is 1100 g/mol. The third-order valence-electron chi connectivity index (χ3n) is 14.9. The molecule has 3 aliphatic rings. The molecular weight excluding hydrogens is 999 g/mol. The fraction of sp³-hybridized carbons (Fsp3) is 0.879. The summed E-state index contributed by atoms with van der Waals surface area (Å²) in [5, 5.41) is 120. The van der Waals surface area contributed by atoms with Gasteiger partial charge in [0.1, 0.15) is 73.2 Å². The first-order valence-electron chi connectivity index (χ1n) is 29.7. The van der Waals surface area contributed by atoms with Gasteiger partial charge >= 0.3 is 0 Å². The smallest absolute Gasteiger partial charge is 0.220 e. The van der Waals surface area contributed by atoms with Crippen LogP contribution in [0.15, 0.2) is 36.5 Å². The Labute approximate surface area is 460 Å². The van der Waals surface area contributed by atoms with Crippen LogP contribution in [-0.2, 0) is 33.2 Å². The van der Waals surface area contributed by atoms with Crippen LogP contribution >= 0.6 is 0 Å². The minimum Gasteiger partial charge on any atom is -0.394 e. The summed E-state index contributed by atoms with van der Waals surface area (Å²) < 4.78 is 34.2. The number of allylic oxidation sites excluding steroid dienone is 5. The molecule has 0 radical (unpaired) electrons. The average molecular weight is 1100 g/mol. The van der Waals surface area contributed by atoms with Gasteiger partial charge in [0.15, 0.2) is 18.9 Å². The van der Waals surface area contributed by atoms with Crippen molar-refractivity contribution in [2.75, 3.05) is 26.4 Å². The number of ether oxygens (including phenoxy) is 6. The molecule has 17 unspecified atom stereocenters. The molecular formula is C58H105NO18. The number of unbranched alkanes of at least 4 members (excludes halogenated alkanes) is 23. The van der Waals surface area contributed by atoms with Crippen molar-refractivity contribution in [2.45, 2.75) is 298 Å². The summed E-state index contributed by atoms with van der Waals surface area (Å²) in [7, 11) is 0. The molecule has 3 aliphatic heterocycles. The number of hydrogen-bond acceptors (Lipinski definition) is 18. The van der Waals surface area contributed by atoms with E-state index < -0.39 is 124 Å². The molecule has 0 aromatic heterocycles. The average Bonchev–Trinajstić information content (AvgIpc) is 3.42. The Hall–Kier alpha value is -1.99. The van der Waals surface area contributed by atoms with E-state index in [1.165, 1.54) is 103 Å². The van der Waals surface area contributed by atoms with Crippen LogP contribution < -0.4 is 5.32 Å². The van der Waals surface area contributed by atoms with Crippen LogP contribution in [0.4, 0.5) is 0 Å². The normalized spacial score (nSPS) is 30.9. The Morgan fingerprint density at radius 2 is 0.831 bits per heavy atom. The molecule has 0 saturated carbocycles. The lowest BCUT2D eigenvalue weighted by molar-refractivity contribution is -0.379. The largest absolute Gasteiger partial charge is 0.394 e. The zero-order valence-electron chi connectivity index (χ0n) is 46.7. The van der Waals surface area contributed by atoms with E-state index in [9.17, 15) is 61.0 Å². The number of amides is 1. The van der Waals surface area contributed by atoms with Crippen LogP contribution in [0.2, 0.25) is 0 Å². The van der Waals surface area contributed by atoms with E-state index in [0.717, 1.165) is 57.8 Å². The predicted molar refractivity (Wildman–Crippen MR) is 291 cm³/mol. The second-order valence-electron chi connectivity index (χ2n) is 21.4. The highest BCUT2D eigenvalue weighted by molar-refractivity contribution is 5.76. The summed E-state index contributed by atoms with van der Waals surface area (Å²) in [6, 6.07) is -0.992. The first-order valence-corrected chi connectivity index (χ1v) is 29.7. The van der Waals surface area contributed by atoms with Crippen LogP contribution in [0, 0.1) is 0 Å². The summed E-state index contributed by atoms with van der Waals surface area (Å²) >= 11 is 0. The van der Waals surface area contributed by atoms with Gasteiger partial charge in [-0.15, -0.1) is 0 Å². The highest BCUT2D eigenvalue weighted by Gasteiger charge is 2.53. The van der Waals surface area contributed by atoms with Crippen LogP contribution in [0.25, 0.3) is 0 Å². The van der Waals surface area contributed by atoms with E-state index in [1.54, 1.807) is 6.08 Å². The van der Waals surface area contributed by atoms with Crippen LogP contribution in [-0.4, -0.2) is 193 Å². The lowest BCUT2D eigenvalue weighted by Crippen LogP contribution is -2.66. The summed E-state index contributed by atoms with van der Waals surface area (Å²) in [5.41, 5.74) is 0. The molecule has 3 heterocycles. The zero-order chi connectivity index (χ0) is 56.2. The number of aliphatic hydroxyl groups excluding tert-OH is 11. The maximum absolute atomic E-state index is 13.3. The van der Waals surface area contributed by atoms with Crippen molar-refractivity contribution in [1.82, 2.24) is 5.32 Å². The Morgan fingerprint density at radius 3 is 1.30 bits per heavy atom. The van der Waals surface area contributed by atoms with Gasteiger partial charge in [-0.2, -0.15) is 0 Å². The van der Waals surface area contributed by atoms with Crippen LogP contribution in [0.3, 0.4) is 0 Å². The van der Waals surface area contributed by atoms with Gasteiger partial charge in [-0.1, -0.05) is 166 Å². The van der Waals surface area contributed by atoms with Gasteiger partial charge in [0.25, 0.3) is 0 Å². The Kier molecular flexibility index (Phi) is 37.7. The molecule has 0 spiro atoms. The van der Waals surface area contributed by atoms with Crippen molar-refractivity contribution in [3.63, 3.8) is 0 Å². The molecule has 3 fully saturated rings. The van der Waals surface area contributed by atoms with Gasteiger partial charge in [-0.05, 0) is 57.8 Å². The standard InChI is InChI=1S/C58H105NO18/c1-3-5-7-9-11-13-15-17-19-20-21-22-23-25-27-29-31-33-35-42(63)41(59-46(64)36-34-32-30-28-26-24-18-16-14-12-10-8-6-4-2)40-72-56-52(70)49(67)54(44(38-61)74-56)77-58-53(71)50(68)55(45(39-62)75-58)76-57-51(69)48(66)47(65)43(37-60)73-57/h16,18,25,27,33,35,41-45,47-58,60-63,65-71H,3-15,17,19-24,26,28-32,34,36-40H2,1-2H3,(H,59,64)/b18-16-,27-25+,35-33+. The molecule has 0 aromatic carbocycles. The number of aliphatic hydroxyl groups is 11. The van der Waals surface area contributed by atoms with E-state index in [4.69, 9.17) is 28.4 Å². The number of carbonyl (C=O) groups excluding carboxylic acids is 1. The van der Waals surface area contributed by atoms with E-state index >= 15 is 0 Å².